The van der Waals surface area contributed by atoms with Crippen molar-refractivity contribution in [2.75, 3.05) is 6.54 Å². The minimum Gasteiger partial charge on any atom is -0.330 e. The topological polar surface area (TPSA) is 74.7 Å². The summed E-state index contributed by atoms with van der Waals surface area (Å²) >= 11 is 6.05. The molecule has 5 heteroatoms. The van der Waals surface area contributed by atoms with Gasteiger partial charge in [0.2, 0.25) is 0 Å². The maximum absolute atomic E-state index is 11.1. The quantitative estimate of drug-likeness (QED) is 0.726. The second-order valence-electron chi connectivity index (χ2n) is 3.64. The zero-order chi connectivity index (χ0) is 11.0. The zero-order valence-electron chi connectivity index (χ0n) is 8.30. The molecular weight excluding hydrogens is 214 g/mol. The molecule has 0 saturated carbocycles. The van der Waals surface area contributed by atoms with E-state index < -0.39 is 0 Å². The smallest absolute Gasteiger partial charge is 0.323 e. The molecule has 0 saturated heterocycles. The van der Waals surface area contributed by atoms with Crippen LogP contribution in [0.4, 0.5) is 0 Å². The number of aromatic amines is 2. The van der Waals surface area contributed by atoms with Crippen LogP contribution in [0.15, 0.2) is 16.9 Å². The molecule has 0 spiro atoms. The van der Waals surface area contributed by atoms with Crippen LogP contribution in [0.3, 0.4) is 0 Å². The Morgan fingerprint density at radius 1 is 1.47 bits per heavy atom. The Morgan fingerprint density at radius 2 is 2.20 bits per heavy atom. The number of nitrogens with two attached hydrogens (primary N) is 1. The minimum atomic E-state index is -0.246. The molecule has 0 aliphatic rings. The van der Waals surface area contributed by atoms with E-state index >= 15 is 0 Å². The van der Waals surface area contributed by atoms with Gasteiger partial charge in [-0.3, -0.25) is 0 Å². The summed E-state index contributed by atoms with van der Waals surface area (Å²) in [5.74, 6) is 0.227. The fraction of sp³-hybridized carbons (Fsp3) is 0.300. The first-order valence-electron chi connectivity index (χ1n) is 4.73. The third-order valence-electron chi connectivity index (χ3n) is 2.52. The summed E-state index contributed by atoms with van der Waals surface area (Å²) in [7, 11) is 0. The summed E-state index contributed by atoms with van der Waals surface area (Å²) in [5.41, 5.74) is 7.74. The van der Waals surface area contributed by atoms with Crippen LogP contribution < -0.4 is 11.4 Å². The SMILES string of the molecule is CC(CN)c1cc(Cl)c2[nH]c(=O)[nH]c2c1. The van der Waals surface area contributed by atoms with E-state index in [2.05, 4.69) is 9.97 Å². The van der Waals surface area contributed by atoms with Crippen LogP contribution >= 0.6 is 11.6 Å². The summed E-state index contributed by atoms with van der Waals surface area (Å²) in [6.07, 6.45) is 0. The number of hydrogen-bond donors (Lipinski definition) is 3. The van der Waals surface area contributed by atoms with Gasteiger partial charge in [-0.25, -0.2) is 4.79 Å². The fourth-order valence-electron chi connectivity index (χ4n) is 1.54. The van der Waals surface area contributed by atoms with Crippen LogP contribution in [-0.2, 0) is 0 Å². The molecule has 0 radical (unpaired) electrons. The number of nitrogens with one attached hydrogen (secondary N) is 2. The van der Waals surface area contributed by atoms with Gasteiger partial charge in [-0.2, -0.15) is 0 Å². The van der Waals surface area contributed by atoms with Crippen molar-refractivity contribution in [3.8, 4) is 0 Å². The average molecular weight is 226 g/mol. The molecule has 4 nitrogen and oxygen atoms in total. The van der Waals surface area contributed by atoms with Crippen LogP contribution in [0, 0.1) is 0 Å². The van der Waals surface area contributed by atoms with Crippen molar-refractivity contribution in [3.05, 3.63) is 33.2 Å². The van der Waals surface area contributed by atoms with Crippen LogP contribution in [-0.4, -0.2) is 16.5 Å². The average Bonchev–Trinajstić information content (AvgIpc) is 2.58. The largest absolute Gasteiger partial charge is 0.330 e. The molecule has 4 N–H and O–H groups in total. The lowest BCUT2D eigenvalue weighted by Gasteiger charge is -2.09. The molecule has 0 amide bonds. The van der Waals surface area contributed by atoms with E-state index in [9.17, 15) is 4.79 Å². The first kappa shape index (κ1) is 10.3. The van der Waals surface area contributed by atoms with E-state index in [-0.39, 0.29) is 11.6 Å². The maximum atomic E-state index is 11.1. The molecule has 1 unspecified atom stereocenters. The lowest BCUT2D eigenvalue weighted by atomic mass is 10.0. The lowest BCUT2D eigenvalue weighted by molar-refractivity contribution is 0.775. The Balaban J connectivity index is 2.66. The second-order valence-corrected chi connectivity index (χ2v) is 4.05. The Labute approximate surface area is 91.4 Å². The second kappa shape index (κ2) is 3.72. The number of benzene rings is 1. The summed E-state index contributed by atoms with van der Waals surface area (Å²) in [6, 6.07) is 3.74. The molecule has 80 valence electrons. The van der Waals surface area contributed by atoms with Crippen LogP contribution in [0.25, 0.3) is 11.0 Å². The maximum Gasteiger partial charge on any atom is 0.323 e. The number of aromatic nitrogens is 2. The van der Waals surface area contributed by atoms with Gasteiger partial charge in [0.15, 0.2) is 0 Å². The minimum absolute atomic E-state index is 0.227. The first-order chi connectivity index (χ1) is 7.11. The highest BCUT2D eigenvalue weighted by molar-refractivity contribution is 6.35. The molecule has 0 aliphatic carbocycles. The van der Waals surface area contributed by atoms with E-state index in [1.807, 2.05) is 19.1 Å². The Bertz CT molecular complexity index is 543. The fourth-order valence-corrected chi connectivity index (χ4v) is 1.82. The Kier molecular flexibility index (Phi) is 2.54. The predicted molar refractivity (Wildman–Crippen MR) is 61.4 cm³/mol. The van der Waals surface area contributed by atoms with Gasteiger partial charge in [0.25, 0.3) is 0 Å². The highest BCUT2D eigenvalue weighted by atomic mass is 35.5. The molecular formula is C10H12ClN3O. The van der Waals surface area contributed by atoms with E-state index in [0.29, 0.717) is 17.1 Å². The predicted octanol–water partition coefficient (Wildman–Crippen LogP) is 1.57. The number of fused-ring (bicyclic) bond motifs is 1. The number of H-pyrrole nitrogens is 2. The molecule has 0 aliphatic heterocycles. The van der Waals surface area contributed by atoms with Gasteiger partial charge in [-0.1, -0.05) is 18.5 Å². The summed E-state index contributed by atoms with van der Waals surface area (Å²) in [4.78, 5) is 16.4. The van der Waals surface area contributed by atoms with Gasteiger partial charge in [-0.05, 0) is 30.2 Å². The third-order valence-corrected chi connectivity index (χ3v) is 2.82. The van der Waals surface area contributed by atoms with Gasteiger partial charge >= 0.3 is 5.69 Å². The molecule has 15 heavy (non-hydrogen) atoms. The van der Waals surface area contributed by atoms with Crippen molar-refractivity contribution in [1.29, 1.82) is 0 Å². The van der Waals surface area contributed by atoms with Crippen LogP contribution in [0.2, 0.25) is 5.02 Å². The molecule has 1 aromatic heterocycles. The molecule has 1 aromatic carbocycles. The summed E-state index contributed by atoms with van der Waals surface area (Å²) in [5, 5.41) is 0.543. The number of hydrogen-bond acceptors (Lipinski definition) is 2. The van der Waals surface area contributed by atoms with Gasteiger partial charge in [0.05, 0.1) is 16.1 Å². The van der Waals surface area contributed by atoms with E-state index in [1.165, 1.54) is 0 Å². The van der Waals surface area contributed by atoms with Crippen molar-refractivity contribution in [3.63, 3.8) is 0 Å². The standard InChI is InChI=1S/C10H12ClN3O/c1-5(4-12)6-2-7(11)9-8(3-6)13-10(15)14-9/h2-3,5H,4,12H2,1H3,(H2,13,14,15). The van der Waals surface area contributed by atoms with Crippen LogP contribution in [0.1, 0.15) is 18.4 Å². The van der Waals surface area contributed by atoms with Crippen LogP contribution in [0.5, 0.6) is 0 Å². The number of halogens is 1. The van der Waals surface area contributed by atoms with Gasteiger partial charge in [-0.15, -0.1) is 0 Å². The van der Waals surface area contributed by atoms with E-state index in [1.54, 1.807) is 0 Å². The van der Waals surface area contributed by atoms with Crippen molar-refractivity contribution in [1.82, 2.24) is 9.97 Å². The first-order valence-corrected chi connectivity index (χ1v) is 5.11. The van der Waals surface area contributed by atoms with E-state index in [4.69, 9.17) is 17.3 Å². The van der Waals surface area contributed by atoms with E-state index in [0.717, 1.165) is 11.1 Å². The normalized spacial score (nSPS) is 13.3. The van der Waals surface area contributed by atoms with Crippen molar-refractivity contribution < 1.29 is 0 Å². The zero-order valence-corrected chi connectivity index (χ0v) is 9.06. The van der Waals surface area contributed by atoms with Crippen molar-refractivity contribution in [2.24, 2.45) is 5.73 Å². The Morgan fingerprint density at radius 3 is 2.87 bits per heavy atom. The lowest BCUT2D eigenvalue weighted by Crippen LogP contribution is -2.08. The highest BCUT2D eigenvalue weighted by Crippen LogP contribution is 2.25. The molecule has 0 fully saturated rings. The molecule has 2 aromatic rings. The summed E-state index contributed by atoms with van der Waals surface area (Å²) < 4.78 is 0. The van der Waals surface area contributed by atoms with Gasteiger partial charge in [0.1, 0.15) is 0 Å². The van der Waals surface area contributed by atoms with Gasteiger partial charge < -0.3 is 15.7 Å². The third kappa shape index (κ3) is 1.78. The van der Waals surface area contributed by atoms with Gasteiger partial charge in [0, 0.05) is 0 Å². The summed E-state index contributed by atoms with van der Waals surface area (Å²) in [6.45, 7) is 2.57. The monoisotopic (exact) mass is 225 g/mol. The molecule has 1 heterocycles. The molecule has 0 bridgehead atoms. The van der Waals surface area contributed by atoms with Crippen molar-refractivity contribution in [2.45, 2.75) is 12.8 Å². The Hall–Kier alpha value is -1.26. The number of rotatable bonds is 2. The number of imidazole rings is 1. The molecule has 2 rings (SSSR count). The molecule has 1 atom stereocenters. The van der Waals surface area contributed by atoms with Crippen molar-refractivity contribution >= 4 is 22.6 Å². The highest BCUT2D eigenvalue weighted by Gasteiger charge is 2.09.